The van der Waals surface area contributed by atoms with Crippen molar-refractivity contribution >= 4 is 11.5 Å². The van der Waals surface area contributed by atoms with Gasteiger partial charge in [-0.3, -0.25) is 9.36 Å². The van der Waals surface area contributed by atoms with Gasteiger partial charge in [0.1, 0.15) is 5.82 Å². The smallest absolute Gasteiger partial charge is 0.148 e. The molecular weight excluding hydrogens is 216 g/mol. The van der Waals surface area contributed by atoms with Gasteiger partial charge in [0.25, 0.3) is 0 Å². The van der Waals surface area contributed by atoms with Crippen LogP contribution in [0.25, 0.3) is 0 Å². The summed E-state index contributed by atoms with van der Waals surface area (Å²) in [6.45, 7) is 2.73. The lowest BCUT2D eigenvalue weighted by Crippen LogP contribution is -2.09. The van der Waals surface area contributed by atoms with Crippen molar-refractivity contribution in [1.29, 1.82) is 0 Å². The lowest BCUT2D eigenvalue weighted by atomic mass is 10.3. The van der Waals surface area contributed by atoms with Gasteiger partial charge in [-0.15, -0.1) is 0 Å². The molecule has 2 rings (SSSR count). The molecule has 2 aromatic heterocycles. The van der Waals surface area contributed by atoms with Crippen LogP contribution in [0, 0.1) is 0 Å². The van der Waals surface area contributed by atoms with E-state index >= 15 is 0 Å². The van der Waals surface area contributed by atoms with Gasteiger partial charge in [-0.25, -0.2) is 0 Å². The van der Waals surface area contributed by atoms with Gasteiger partial charge in [0.2, 0.25) is 0 Å². The van der Waals surface area contributed by atoms with E-state index < -0.39 is 0 Å². The van der Waals surface area contributed by atoms with E-state index in [1.165, 1.54) is 0 Å². The zero-order valence-electron chi connectivity index (χ0n) is 10.4. The molecule has 0 aliphatic heterocycles. The summed E-state index contributed by atoms with van der Waals surface area (Å²) in [4.78, 5) is 0. The van der Waals surface area contributed by atoms with Crippen molar-refractivity contribution in [2.24, 2.45) is 14.1 Å². The SMILES string of the molecule is CCc1nn(C)c(NCc2ccnn2C)c1N. The zero-order valence-corrected chi connectivity index (χ0v) is 10.4. The molecule has 0 amide bonds. The third kappa shape index (κ3) is 2.11. The van der Waals surface area contributed by atoms with E-state index in [4.69, 9.17) is 5.73 Å². The molecular formula is C11H18N6. The second-order valence-corrected chi connectivity index (χ2v) is 3.99. The molecule has 0 aromatic carbocycles. The van der Waals surface area contributed by atoms with Crippen LogP contribution in [-0.2, 0) is 27.1 Å². The van der Waals surface area contributed by atoms with Gasteiger partial charge in [0.15, 0.2) is 0 Å². The van der Waals surface area contributed by atoms with Crippen molar-refractivity contribution < 1.29 is 0 Å². The number of nitrogens with two attached hydrogens (primary N) is 1. The van der Waals surface area contributed by atoms with Gasteiger partial charge >= 0.3 is 0 Å². The first kappa shape index (κ1) is 11.5. The Morgan fingerprint density at radius 2 is 2.12 bits per heavy atom. The van der Waals surface area contributed by atoms with Crippen molar-refractivity contribution in [3.05, 3.63) is 23.7 Å². The Morgan fingerprint density at radius 3 is 2.65 bits per heavy atom. The molecule has 0 unspecified atom stereocenters. The minimum absolute atomic E-state index is 0.684. The van der Waals surface area contributed by atoms with Crippen LogP contribution >= 0.6 is 0 Å². The Morgan fingerprint density at radius 1 is 1.35 bits per heavy atom. The van der Waals surface area contributed by atoms with Gasteiger partial charge in [-0.1, -0.05) is 6.92 Å². The molecule has 0 fully saturated rings. The van der Waals surface area contributed by atoms with E-state index in [0.717, 1.165) is 29.3 Å². The first-order valence-electron chi connectivity index (χ1n) is 5.65. The monoisotopic (exact) mass is 234 g/mol. The quantitative estimate of drug-likeness (QED) is 0.824. The van der Waals surface area contributed by atoms with Crippen LogP contribution < -0.4 is 11.1 Å². The maximum Gasteiger partial charge on any atom is 0.148 e. The maximum atomic E-state index is 6.02. The summed E-state index contributed by atoms with van der Waals surface area (Å²) in [6, 6.07) is 1.97. The Kier molecular flexibility index (Phi) is 3.03. The van der Waals surface area contributed by atoms with Gasteiger partial charge < -0.3 is 11.1 Å². The maximum absolute atomic E-state index is 6.02. The molecule has 6 nitrogen and oxygen atoms in total. The van der Waals surface area contributed by atoms with Gasteiger partial charge in [0, 0.05) is 20.3 Å². The van der Waals surface area contributed by atoms with E-state index in [0.29, 0.717) is 6.54 Å². The molecule has 0 bridgehead atoms. The number of hydrogen-bond donors (Lipinski definition) is 2. The van der Waals surface area contributed by atoms with Crippen molar-refractivity contribution in [2.45, 2.75) is 19.9 Å². The molecule has 17 heavy (non-hydrogen) atoms. The molecule has 0 radical (unpaired) electrons. The lowest BCUT2D eigenvalue weighted by Gasteiger charge is -2.07. The molecule has 0 atom stereocenters. The van der Waals surface area contributed by atoms with E-state index in [-0.39, 0.29) is 0 Å². The summed E-state index contributed by atoms with van der Waals surface area (Å²) in [6.07, 6.45) is 2.62. The largest absolute Gasteiger partial charge is 0.394 e. The number of hydrogen-bond acceptors (Lipinski definition) is 4. The second kappa shape index (κ2) is 4.48. The minimum atomic E-state index is 0.684. The fraction of sp³-hybridized carbons (Fsp3) is 0.455. The molecule has 6 heteroatoms. The number of anilines is 2. The molecule has 2 heterocycles. The van der Waals surface area contributed by atoms with Crippen LogP contribution in [0.2, 0.25) is 0 Å². The van der Waals surface area contributed by atoms with Crippen LogP contribution in [0.1, 0.15) is 18.3 Å². The standard InChI is InChI=1S/C11H18N6/c1-4-9-10(12)11(17(3)15-9)13-7-8-5-6-14-16(8)2/h5-6,13H,4,7,12H2,1-3H3. The summed E-state index contributed by atoms with van der Waals surface area (Å²) in [5, 5.41) is 11.8. The Bertz CT molecular complexity index is 510. The number of rotatable bonds is 4. The van der Waals surface area contributed by atoms with Crippen LogP contribution in [0.3, 0.4) is 0 Å². The van der Waals surface area contributed by atoms with E-state index in [1.807, 2.05) is 31.8 Å². The fourth-order valence-corrected chi connectivity index (χ4v) is 1.82. The highest BCUT2D eigenvalue weighted by Crippen LogP contribution is 2.22. The predicted octanol–water partition coefficient (Wildman–Crippen LogP) is 0.910. The van der Waals surface area contributed by atoms with Crippen molar-refractivity contribution in [2.75, 3.05) is 11.1 Å². The molecule has 92 valence electrons. The van der Waals surface area contributed by atoms with Crippen LogP contribution in [0.5, 0.6) is 0 Å². The molecule has 0 aliphatic carbocycles. The Balaban J connectivity index is 2.14. The predicted molar refractivity (Wildman–Crippen MR) is 67.5 cm³/mol. The average Bonchev–Trinajstić information content (AvgIpc) is 2.82. The molecule has 3 N–H and O–H groups in total. The number of aromatic nitrogens is 4. The Labute approximate surface area is 100 Å². The number of nitrogens with zero attached hydrogens (tertiary/aromatic N) is 4. The molecule has 0 saturated carbocycles. The van der Waals surface area contributed by atoms with Crippen LogP contribution in [0.4, 0.5) is 11.5 Å². The lowest BCUT2D eigenvalue weighted by molar-refractivity contribution is 0.711. The van der Waals surface area contributed by atoms with Crippen LogP contribution in [-0.4, -0.2) is 19.6 Å². The van der Waals surface area contributed by atoms with Crippen LogP contribution in [0.15, 0.2) is 12.3 Å². The third-order valence-electron chi connectivity index (χ3n) is 2.85. The molecule has 2 aromatic rings. The van der Waals surface area contributed by atoms with E-state index in [1.54, 1.807) is 10.9 Å². The van der Waals surface area contributed by atoms with Gasteiger partial charge in [-0.2, -0.15) is 10.2 Å². The van der Waals surface area contributed by atoms with Gasteiger partial charge in [-0.05, 0) is 12.5 Å². The summed E-state index contributed by atoms with van der Waals surface area (Å²) >= 11 is 0. The molecule has 0 saturated heterocycles. The van der Waals surface area contributed by atoms with Crippen molar-refractivity contribution in [1.82, 2.24) is 19.6 Å². The number of aryl methyl sites for hydroxylation is 3. The zero-order chi connectivity index (χ0) is 12.4. The normalized spacial score (nSPS) is 10.8. The number of nitrogen functional groups attached to an aromatic ring is 1. The summed E-state index contributed by atoms with van der Waals surface area (Å²) < 4.78 is 3.62. The highest BCUT2D eigenvalue weighted by Gasteiger charge is 2.11. The van der Waals surface area contributed by atoms with E-state index in [9.17, 15) is 0 Å². The number of nitrogens with one attached hydrogen (secondary N) is 1. The molecule has 0 spiro atoms. The topological polar surface area (TPSA) is 73.7 Å². The third-order valence-corrected chi connectivity index (χ3v) is 2.85. The molecule has 0 aliphatic rings. The Hall–Kier alpha value is -1.98. The highest BCUT2D eigenvalue weighted by molar-refractivity contribution is 5.64. The summed E-state index contributed by atoms with van der Waals surface area (Å²) in [5.74, 6) is 0.864. The summed E-state index contributed by atoms with van der Waals surface area (Å²) in [5.41, 5.74) is 8.79. The van der Waals surface area contributed by atoms with Crippen molar-refractivity contribution in [3.63, 3.8) is 0 Å². The highest BCUT2D eigenvalue weighted by atomic mass is 15.3. The van der Waals surface area contributed by atoms with Gasteiger partial charge in [0.05, 0.1) is 23.6 Å². The minimum Gasteiger partial charge on any atom is -0.394 e. The first-order valence-corrected chi connectivity index (χ1v) is 5.65. The summed E-state index contributed by atoms with van der Waals surface area (Å²) in [7, 11) is 3.81. The fourth-order valence-electron chi connectivity index (χ4n) is 1.82. The van der Waals surface area contributed by atoms with E-state index in [2.05, 4.69) is 15.5 Å². The van der Waals surface area contributed by atoms with Crippen molar-refractivity contribution in [3.8, 4) is 0 Å². The second-order valence-electron chi connectivity index (χ2n) is 3.99. The average molecular weight is 234 g/mol. The first-order chi connectivity index (χ1) is 8.13.